The molecule has 2 fully saturated rings. The average Bonchev–Trinajstić information content (AvgIpc) is 2.12. The highest BCUT2D eigenvalue weighted by molar-refractivity contribution is 5.00. The SMILES string of the molecule is N#CC(C1CCC1)N1CCNCC1. The van der Waals surface area contributed by atoms with Gasteiger partial charge >= 0.3 is 0 Å². The molecule has 1 saturated carbocycles. The molecule has 0 aromatic carbocycles. The summed E-state index contributed by atoms with van der Waals surface area (Å²) in [5, 5.41) is 12.4. The van der Waals surface area contributed by atoms with E-state index in [-0.39, 0.29) is 6.04 Å². The van der Waals surface area contributed by atoms with Crippen LogP contribution < -0.4 is 5.32 Å². The summed E-state index contributed by atoms with van der Waals surface area (Å²) in [6.45, 7) is 4.19. The van der Waals surface area contributed by atoms with Gasteiger partial charge in [-0.1, -0.05) is 6.42 Å². The molecule has 72 valence electrons. The molecule has 3 nitrogen and oxygen atoms in total. The lowest BCUT2D eigenvalue weighted by molar-refractivity contribution is 0.119. The van der Waals surface area contributed by atoms with Gasteiger partial charge < -0.3 is 5.32 Å². The quantitative estimate of drug-likeness (QED) is 0.674. The van der Waals surface area contributed by atoms with E-state index in [0.29, 0.717) is 5.92 Å². The van der Waals surface area contributed by atoms with Crippen LogP contribution in [-0.4, -0.2) is 37.1 Å². The third-order valence-corrected chi connectivity index (χ3v) is 3.27. The molecular formula is C10H17N3. The van der Waals surface area contributed by atoms with Gasteiger partial charge in [0, 0.05) is 26.2 Å². The number of hydrogen-bond acceptors (Lipinski definition) is 3. The van der Waals surface area contributed by atoms with Crippen molar-refractivity contribution in [3.63, 3.8) is 0 Å². The van der Waals surface area contributed by atoms with Crippen LogP contribution in [-0.2, 0) is 0 Å². The van der Waals surface area contributed by atoms with Crippen molar-refractivity contribution in [1.82, 2.24) is 10.2 Å². The first-order chi connectivity index (χ1) is 6.42. The second-order valence-electron chi connectivity index (χ2n) is 4.05. The van der Waals surface area contributed by atoms with Crippen LogP contribution in [0.3, 0.4) is 0 Å². The van der Waals surface area contributed by atoms with E-state index in [2.05, 4.69) is 16.3 Å². The summed E-state index contributed by atoms with van der Waals surface area (Å²) >= 11 is 0. The number of piperazine rings is 1. The number of nitrogens with one attached hydrogen (secondary N) is 1. The lowest BCUT2D eigenvalue weighted by Gasteiger charge is -2.39. The first-order valence-corrected chi connectivity index (χ1v) is 5.26. The van der Waals surface area contributed by atoms with Gasteiger partial charge in [-0.3, -0.25) is 4.90 Å². The molecule has 1 heterocycles. The van der Waals surface area contributed by atoms with Crippen LogP contribution in [0.5, 0.6) is 0 Å². The minimum Gasteiger partial charge on any atom is -0.314 e. The van der Waals surface area contributed by atoms with E-state index < -0.39 is 0 Å². The van der Waals surface area contributed by atoms with Gasteiger partial charge in [0.25, 0.3) is 0 Å². The fraction of sp³-hybridized carbons (Fsp3) is 0.900. The fourth-order valence-electron chi connectivity index (χ4n) is 2.20. The van der Waals surface area contributed by atoms with Crippen molar-refractivity contribution in [3.8, 4) is 6.07 Å². The van der Waals surface area contributed by atoms with E-state index >= 15 is 0 Å². The smallest absolute Gasteiger partial charge is 0.101 e. The molecule has 1 aliphatic carbocycles. The summed E-state index contributed by atoms with van der Waals surface area (Å²) in [5.74, 6) is 0.670. The Balaban J connectivity index is 1.90. The molecular weight excluding hydrogens is 162 g/mol. The second-order valence-corrected chi connectivity index (χ2v) is 4.05. The first-order valence-electron chi connectivity index (χ1n) is 5.26. The summed E-state index contributed by atoms with van der Waals surface area (Å²) in [7, 11) is 0. The lowest BCUT2D eigenvalue weighted by Crippen LogP contribution is -2.51. The van der Waals surface area contributed by atoms with Crippen LogP contribution in [0, 0.1) is 17.2 Å². The molecule has 0 amide bonds. The lowest BCUT2D eigenvalue weighted by atomic mass is 9.79. The molecule has 2 rings (SSSR count). The third-order valence-electron chi connectivity index (χ3n) is 3.27. The van der Waals surface area contributed by atoms with E-state index in [1.54, 1.807) is 0 Å². The van der Waals surface area contributed by atoms with Crippen LogP contribution in [0.2, 0.25) is 0 Å². The maximum atomic E-state index is 9.10. The van der Waals surface area contributed by atoms with Crippen LogP contribution in [0.15, 0.2) is 0 Å². The zero-order valence-corrected chi connectivity index (χ0v) is 8.00. The molecule has 1 N–H and O–H groups in total. The highest BCUT2D eigenvalue weighted by atomic mass is 15.2. The Hall–Kier alpha value is -0.590. The fourth-order valence-corrected chi connectivity index (χ4v) is 2.20. The summed E-state index contributed by atoms with van der Waals surface area (Å²) in [6.07, 6.45) is 3.86. The molecule has 1 saturated heterocycles. The Morgan fingerprint density at radius 3 is 2.46 bits per heavy atom. The van der Waals surface area contributed by atoms with Crippen LogP contribution >= 0.6 is 0 Å². The van der Waals surface area contributed by atoms with E-state index in [4.69, 9.17) is 5.26 Å². The standard InChI is InChI=1S/C10H17N3/c11-8-10(9-2-1-3-9)13-6-4-12-5-7-13/h9-10,12H,1-7H2. The van der Waals surface area contributed by atoms with Gasteiger partial charge in [-0.2, -0.15) is 5.26 Å². The van der Waals surface area contributed by atoms with Crippen molar-refractivity contribution < 1.29 is 0 Å². The number of rotatable bonds is 2. The Morgan fingerprint density at radius 1 is 1.31 bits per heavy atom. The summed E-state index contributed by atoms with van der Waals surface area (Å²) in [4.78, 5) is 2.35. The third kappa shape index (κ3) is 1.84. The second kappa shape index (κ2) is 4.08. The zero-order chi connectivity index (χ0) is 9.10. The summed E-state index contributed by atoms with van der Waals surface area (Å²) in [5.41, 5.74) is 0. The van der Waals surface area contributed by atoms with E-state index in [9.17, 15) is 0 Å². The maximum absolute atomic E-state index is 9.10. The summed E-state index contributed by atoms with van der Waals surface area (Å²) in [6, 6.07) is 2.68. The topological polar surface area (TPSA) is 39.1 Å². The van der Waals surface area contributed by atoms with Crippen molar-refractivity contribution in [2.75, 3.05) is 26.2 Å². The normalized spacial score (nSPS) is 27.6. The predicted octanol–water partition coefficient (Wildman–Crippen LogP) is 0.584. The largest absolute Gasteiger partial charge is 0.314 e. The number of nitriles is 1. The molecule has 13 heavy (non-hydrogen) atoms. The van der Waals surface area contributed by atoms with E-state index in [0.717, 1.165) is 26.2 Å². The van der Waals surface area contributed by atoms with Gasteiger partial charge in [-0.15, -0.1) is 0 Å². The maximum Gasteiger partial charge on any atom is 0.101 e. The predicted molar refractivity (Wildman–Crippen MR) is 51.2 cm³/mol. The highest BCUT2D eigenvalue weighted by Crippen LogP contribution is 2.31. The molecule has 0 aromatic rings. The molecule has 0 aromatic heterocycles. The van der Waals surface area contributed by atoms with Crippen molar-refractivity contribution >= 4 is 0 Å². The van der Waals surface area contributed by atoms with Crippen LogP contribution in [0.25, 0.3) is 0 Å². The Morgan fingerprint density at radius 2 is 2.00 bits per heavy atom. The van der Waals surface area contributed by atoms with Gasteiger partial charge in [0.15, 0.2) is 0 Å². The van der Waals surface area contributed by atoms with Gasteiger partial charge in [-0.25, -0.2) is 0 Å². The molecule has 3 heteroatoms. The van der Waals surface area contributed by atoms with Gasteiger partial charge in [-0.05, 0) is 18.8 Å². The molecule has 1 atom stereocenters. The molecule has 1 unspecified atom stereocenters. The van der Waals surface area contributed by atoms with Crippen LogP contribution in [0.1, 0.15) is 19.3 Å². The first kappa shape index (κ1) is 8.98. The Bertz CT molecular complexity index is 199. The van der Waals surface area contributed by atoms with Crippen molar-refractivity contribution in [3.05, 3.63) is 0 Å². The Kier molecular flexibility index (Phi) is 2.82. The Labute approximate surface area is 79.7 Å². The molecule has 0 bridgehead atoms. The van der Waals surface area contributed by atoms with Crippen molar-refractivity contribution in [1.29, 1.82) is 5.26 Å². The van der Waals surface area contributed by atoms with E-state index in [1.807, 2.05) is 0 Å². The minimum absolute atomic E-state index is 0.204. The van der Waals surface area contributed by atoms with E-state index in [1.165, 1.54) is 19.3 Å². The highest BCUT2D eigenvalue weighted by Gasteiger charge is 2.32. The van der Waals surface area contributed by atoms with Crippen molar-refractivity contribution in [2.24, 2.45) is 5.92 Å². The molecule has 0 radical (unpaired) electrons. The minimum atomic E-state index is 0.204. The van der Waals surface area contributed by atoms with Crippen molar-refractivity contribution in [2.45, 2.75) is 25.3 Å². The summed E-state index contributed by atoms with van der Waals surface area (Å²) < 4.78 is 0. The zero-order valence-electron chi connectivity index (χ0n) is 8.00. The van der Waals surface area contributed by atoms with Crippen LogP contribution in [0.4, 0.5) is 0 Å². The van der Waals surface area contributed by atoms with Gasteiger partial charge in [0.1, 0.15) is 6.04 Å². The number of hydrogen-bond donors (Lipinski definition) is 1. The number of nitrogens with zero attached hydrogens (tertiary/aromatic N) is 2. The van der Waals surface area contributed by atoms with Gasteiger partial charge in [0.2, 0.25) is 0 Å². The average molecular weight is 179 g/mol. The molecule has 1 aliphatic heterocycles. The monoisotopic (exact) mass is 179 g/mol. The molecule has 0 spiro atoms. The van der Waals surface area contributed by atoms with Gasteiger partial charge in [0.05, 0.1) is 6.07 Å². The molecule has 2 aliphatic rings.